The molecule has 2 aliphatic rings. The number of aromatic nitrogens is 2. The SMILES string of the molecule is CC(C)c1noc(CN(CC2CCCN2)C2CC2)n1. The van der Waals surface area contributed by atoms with Gasteiger partial charge in [-0.25, -0.2) is 0 Å². The summed E-state index contributed by atoms with van der Waals surface area (Å²) in [5, 5.41) is 7.62. The molecule has 0 spiro atoms. The van der Waals surface area contributed by atoms with Gasteiger partial charge < -0.3 is 9.84 Å². The summed E-state index contributed by atoms with van der Waals surface area (Å²) in [5.74, 6) is 1.93. The van der Waals surface area contributed by atoms with Crippen LogP contribution in [0.15, 0.2) is 4.52 Å². The van der Waals surface area contributed by atoms with Crippen LogP contribution in [0.3, 0.4) is 0 Å². The largest absolute Gasteiger partial charge is 0.338 e. The first kappa shape index (κ1) is 13.1. The molecule has 1 aliphatic carbocycles. The van der Waals surface area contributed by atoms with Gasteiger partial charge in [0, 0.05) is 24.5 Å². The molecule has 1 aromatic rings. The van der Waals surface area contributed by atoms with Gasteiger partial charge in [-0.1, -0.05) is 19.0 Å². The summed E-state index contributed by atoms with van der Waals surface area (Å²) in [6.45, 7) is 7.28. The zero-order valence-corrected chi connectivity index (χ0v) is 11.9. The second-order valence-corrected chi connectivity index (χ2v) is 6.15. The Balaban J connectivity index is 1.60. The Morgan fingerprint density at radius 3 is 2.79 bits per heavy atom. The fourth-order valence-corrected chi connectivity index (χ4v) is 2.72. The van der Waals surface area contributed by atoms with Gasteiger partial charge in [0.25, 0.3) is 0 Å². The Kier molecular flexibility index (Phi) is 3.84. The van der Waals surface area contributed by atoms with Gasteiger partial charge in [0.2, 0.25) is 5.89 Å². The molecule has 1 saturated heterocycles. The summed E-state index contributed by atoms with van der Waals surface area (Å²) in [6.07, 6.45) is 5.24. The van der Waals surface area contributed by atoms with Crippen molar-refractivity contribution < 1.29 is 4.52 Å². The maximum atomic E-state index is 5.38. The van der Waals surface area contributed by atoms with Crippen molar-refractivity contribution in [2.75, 3.05) is 13.1 Å². The van der Waals surface area contributed by atoms with Crippen LogP contribution in [0.1, 0.15) is 57.2 Å². The molecule has 2 heterocycles. The zero-order valence-electron chi connectivity index (χ0n) is 11.9. The minimum Gasteiger partial charge on any atom is -0.338 e. The van der Waals surface area contributed by atoms with Crippen molar-refractivity contribution in [3.8, 4) is 0 Å². The number of hydrogen-bond donors (Lipinski definition) is 1. The van der Waals surface area contributed by atoms with E-state index in [0.717, 1.165) is 30.8 Å². The lowest BCUT2D eigenvalue weighted by Crippen LogP contribution is -2.38. The Hall–Kier alpha value is -0.940. The first-order valence-electron chi connectivity index (χ1n) is 7.52. The number of hydrogen-bond acceptors (Lipinski definition) is 5. The standard InChI is InChI=1S/C14H24N4O/c1-10(2)14-16-13(19-17-14)9-18(12-5-6-12)8-11-4-3-7-15-11/h10-12,15H,3-9H2,1-2H3. The summed E-state index contributed by atoms with van der Waals surface area (Å²) in [5.41, 5.74) is 0. The van der Waals surface area contributed by atoms with Gasteiger partial charge in [-0.05, 0) is 32.2 Å². The lowest BCUT2D eigenvalue weighted by Gasteiger charge is -2.23. The van der Waals surface area contributed by atoms with Crippen molar-refractivity contribution in [2.45, 2.75) is 64.1 Å². The molecule has 19 heavy (non-hydrogen) atoms. The van der Waals surface area contributed by atoms with Gasteiger partial charge in [-0.15, -0.1) is 0 Å². The minimum atomic E-state index is 0.336. The first-order chi connectivity index (χ1) is 9.22. The highest BCUT2D eigenvalue weighted by molar-refractivity contribution is 4.95. The van der Waals surface area contributed by atoms with Gasteiger partial charge in [-0.2, -0.15) is 4.98 Å². The second-order valence-electron chi connectivity index (χ2n) is 6.15. The highest BCUT2D eigenvalue weighted by atomic mass is 16.5. The topological polar surface area (TPSA) is 54.2 Å². The number of nitrogens with one attached hydrogen (secondary N) is 1. The Morgan fingerprint density at radius 2 is 2.21 bits per heavy atom. The zero-order chi connectivity index (χ0) is 13.2. The Bertz CT molecular complexity index is 407. The Morgan fingerprint density at radius 1 is 1.37 bits per heavy atom. The fraction of sp³-hybridized carbons (Fsp3) is 0.857. The van der Waals surface area contributed by atoms with Crippen molar-refractivity contribution in [1.82, 2.24) is 20.4 Å². The van der Waals surface area contributed by atoms with Crippen molar-refractivity contribution >= 4 is 0 Å². The van der Waals surface area contributed by atoms with Crippen LogP contribution in [0.5, 0.6) is 0 Å². The molecule has 1 aromatic heterocycles. The third kappa shape index (κ3) is 3.34. The lowest BCUT2D eigenvalue weighted by molar-refractivity contribution is 0.200. The molecule has 1 N–H and O–H groups in total. The third-order valence-electron chi connectivity index (χ3n) is 4.02. The van der Waals surface area contributed by atoms with E-state index in [0.29, 0.717) is 12.0 Å². The quantitative estimate of drug-likeness (QED) is 0.850. The van der Waals surface area contributed by atoms with Crippen molar-refractivity contribution in [3.05, 3.63) is 11.7 Å². The molecule has 106 valence electrons. The van der Waals surface area contributed by atoms with E-state index in [2.05, 4.69) is 34.2 Å². The van der Waals surface area contributed by atoms with Crippen LogP contribution in [-0.4, -0.2) is 40.2 Å². The molecule has 5 nitrogen and oxygen atoms in total. The fourth-order valence-electron chi connectivity index (χ4n) is 2.72. The third-order valence-corrected chi connectivity index (χ3v) is 4.02. The van der Waals surface area contributed by atoms with Crippen molar-refractivity contribution in [3.63, 3.8) is 0 Å². The van der Waals surface area contributed by atoms with E-state index in [1.165, 1.54) is 32.2 Å². The van der Waals surface area contributed by atoms with Crippen molar-refractivity contribution in [2.24, 2.45) is 0 Å². The maximum Gasteiger partial charge on any atom is 0.240 e. The van der Waals surface area contributed by atoms with Crippen LogP contribution >= 0.6 is 0 Å². The molecular weight excluding hydrogens is 240 g/mol. The second kappa shape index (κ2) is 5.59. The summed E-state index contributed by atoms with van der Waals surface area (Å²) < 4.78 is 5.38. The number of nitrogens with zero attached hydrogens (tertiary/aromatic N) is 3. The van der Waals surface area contributed by atoms with Gasteiger partial charge in [0.05, 0.1) is 6.54 Å². The minimum absolute atomic E-state index is 0.336. The van der Waals surface area contributed by atoms with E-state index < -0.39 is 0 Å². The van der Waals surface area contributed by atoms with E-state index in [1.807, 2.05) is 0 Å². The summed E-state index contributed by atoms with van der Waals surface area (Å²) in [6, 6.07) is 1.38. The number of rotatable bonds is 6. The molecule has 1 unspecified atom stereocenters. The molecular formula is C14H24N4O. The average Bonchev–Trinajstić information content (AvgIpc) is 2.90. The van der Waals surface area contributed by atoms with Gasteiger partial charge in [0.15, 0.2) is 5.82 Å². The highest BCUT2D eigenvalue weighted by Gasteiger charge is 2.32. The maximum absolute atomic E-state index is 5.38. The lowest BCUT2D eigenvalue weighted by atomic mass is 10.2. The van der Waals surface area contributed by atoms with Crippen LogP contribution in [-0.2, 0) is 6.54 Å². The smallest absolute Gasteiger partial charge is 0.240 e. The summed E-state index contributed by atoms with van der Waals surface area (Å²) in [4.78, 5) is 7.01. The molecule has 1 saturated carbocycles. The monoisotopic (exact) mass is 264 g/mol. The van der Waals surface area contributed by atoms with Crippen LogP contribution < -0.4 is 5.32 Å². The van der Waals surface area contributed by atoms with Crippen LogP contribution in [0.25, 0.3) is 0 Å². The molecule has 0 bridgehead atoms. The van der Waals surface area contributed by atoms with E-state index in [4.69, 9.17) is 4.52 Å². The molecule has 0 amide bonds. The van der Waals surface area contributed by atoms with Gasteiger partial charge in [-0.3, -0.25) is 4.90 Å². The normalized spacial score (nSPS) is 23.7. The summed E-state index contributed by atoms with van der Waals surface area (Å²) in [7, 11) is 0. The van der Waals surface area contributed by atoms with E-state index in [1.54, 1.807) is 0 Å². The molecule has 2 fully saturated rings. The van der Waals surface area contributed by atoms with Crippen LogP contribution in [0.4, 0.5) is 0 Å². The molecule has 1 aliphatic heterocycles. The van der Waals surface area contributed by atoms with E-state index in [-0.39, 0.29) is 0 Å². The molecule has 0 aromatic carbocycles. The van der Waals surface area contributed by atoms with Crippen molar-refractivity contribution in [1.29, 1.82) is 0 Å². The predicted molar refractivity (Wildman–Crippen MR) is 72.8 cm³/mol. The van der Waals surface area contributed by atoms with Gasteiger partial charge >= 0.3 is 0 Å². The Labute approximate surface area is 114 Å². The van der Waals surface area contributed by atoms with Crippen LogP contribution in [0.2, 0.25) is 0 Å². The molecule has 1 atom stereocenters. The van der Waals surface area contributed by atoms with Crippen LogP contribution in [0, 0.1) is 0 Å². The first-order valence-corrected chi connectivity index (χ1v) is 7.52. The predicted octanol–water partition coefficient (Wildman–Crippen LogP) is 1.91. The van der Waals surface area contributed by atoms with E-state index in [9.17, 15) is 0 Å². The van der Waals surface area contributed by atoms with E-state index >= 15 is 0 Å². The van der Waals surface area contributed by atoms with Gasteiger partial charge in [0.1, 0.15) is 0 Å². The molecule has 3 rings (SSSR count). The molecule has 0 radical (unpaired) electrons. The average molecular weight is 264 g/mol. The summed E-state index contributed by atoms with van der Waals surface area (Å²) >= 11 is 0. The highest BCUT2D eigenvalue weighted by Crippen LogP contribution is 2.29. The molecule has 5 heteroatoms.